The zero-order valence-electron chi connectivity index (χ0n) is 17.9. The van der Waals surface area contributed by atoms with E-state index in [-0.39, 0.29) is 16.9 Å². The standard InChI is InChI=1S/C23H31BN2O/c1-13-9-10-17(24)18-19(13)26(8)21(25-18)15-11-14(22(2,3)4)12-16(20(15)27)23(5,6)7/h9-13,19,27H,1-8H3. The number of rotatable bonds is 1. The third-order valence-electron chi connectivity index (χ3n) is 5.66. The molecule has 2 aliphatic rings. The number of likely N-dealkylation sites (N-methyl/N-ethyl adjacent to an activating group) is 1. The molecular formula is C23H31BN2O. The van der Waals surface area contributed by atoms with Crippen LogP contribution in [-0.4, -0.2) is 36.8 Å². The zero-order chi connectivity index (χ0) is 20.3. The van der Waals surface area contributed by atoms with Crippen molar-refractivity contribution in [1.82, 2.24) is 4.90 Å². The molecule has 2 atom stereocenters. The molecule has 1 aliphatic carbocycles. The zero-order valence-corrected chi connectivity index (χ0v) is 17.9. The van der Waals surface area contributed by atoms with Crippen molar-refractivity contribution >= 4 is 13.7 Å². The van der Waals surface area contributed by atoms with Crippen molar-refractivity contribution in [3.63, 3.8) is 0 Å². The van der Waals surface area contributed by atoms with Crippen molar-refractivity contribution in [2.45, 2.75) is 65.3 Å². The molecule has 4 heteroatoms. The van der Waals surface area contributed by atoms with Crippen molar-refractivity contribution in [3.8, 4) is 5.75 Å². The lowest BCUT2D eigenvalue weighted by atomic mass is 9.78. The van der Waals surface area contributed by atoms with Gasteiger partial charge in [0.15, 0.2) is 0 Å². The molecule has 0 spiro atoms. The molecule has 0 aromatic heterocycles. The molecule has 27 heavy (non-hydrogen) atoms. The Labute approximate surface area is 165 Å². The lowest BCUT2D eigenvalue weighted by Crippen LogP contribution is -2.38. The number of aliphatic imine (C=N–C) groups is 1. The maximum absolute atomic E-state index is 11.2. The Morgan fingerprint density at radius 1 is 1.07 bits per heavy atom. The monoisotopic (exact) mass is 362 g/mol. The van der Waals surface area contributed by atoms with Crippen LogP contribution in [0.15, 0.2) is 40.4 Å². The van der Waals surface area contributed by atoms with Crippen molar-refractivity contribution in [3.05, 3.63) is 52.1 Å². The van der Waals surface area contributed by atoms with Crippen molar-refractivity contribution < 1.29 is 5.11 Å². The first-order valence-corrected chi connectivity index (χ1v) is 9.70. The lowest BCUT2D eigenvalue weighted by Gasteiger charge is -2.32. The number of hydrogen-bond acceptors (Lipinski definition) is 3. The topological polar surface area (TPSA) is 35.8 Å². The van der Waals surface area contributed by atoms with E-state index in [4.69, 9.17) is 12.8 Å². The molecule has 1 aromatic rings. The molecule has 0 amide bonds. The Morgan fingerprint density at radius 2 is 1.70 bits per heavy atom. The number of amidine groups is 1. The number of benzene rings is 1. The molecule has 1 heterocycles. The number of hydrogen-bond donors (Lipinski definition) is 1. The van der Waals surface area contributed by atoms with Crippen LogP contribution in [0.25, 0.3) is 0 Å². The van der Waals surface area contributed by atoms with Crippen LogP contribution in [-0.2, 0) is 10.8 Å². The van der Waals surface area contributed by atoms with Gasteiger partial charge in [0, 0.05) is 18.5 Å². The van der Waals surface area contributed by atoms with Gasteiger partial charge in [-0.25, -0.2) is 4.99 Å². The quantitative estimate of drug-likeness (QED) is 0.739. The minimum Gasteiger partial charge on any atom is -0.507 e. The lowest BCUT2D eigenvalue weighted by molar-refractivity contribution is 0.363. The van der Waals surface area contributed by atoms with E-state index in [2.05, 4.69) is 71.6 Å². The van der Waals surface area contributed by atoms with Crippen LogP contribution in [0.2, 0.25) is 0 Å². The summed E-state index contributed by atoms with van der Waals surface area (Å²) in [5, 5.41) is 11.2. The van der Waals surface area contributed by atoms with Crippen molar-refractivity contribution in [2.75, 3.05) is 7.05 Å². The van der Waals surface area contributed by atoms with Gasteiger partial charge in [-0.15, -0.1) is 0 Å². The highest BCUT2D eigenvalue weighted by Gasteiger charge is 2.37. The Morgan fingerprint density at radius 3 is 2.22 bits per heavy atom. The molecule has 0 saturated heterocycles. The number of allylic oxidation sites excluding steroid dienone is 2. The van der Waals surface area contributed by atoms with E-state index in [1.807, 2.05) is 13.1 Å². The third-order valence-corrected chi connectivity index (χ3v) is 5.66. The van der Waals surface area contributed by atoms with E-state index in [0.29, 0.717) is 17.1 Å². The molecule has 1 aromatic carbocycles. The number of phenolic OH excluding ortho intramolecular Hbond substituents is 1. The molecule has 0 saturated carbocycles. The van der Waals surface area contributed by atoms with Gasteiger partial charge in [0.25, 0.3) is 0 Å². The van der Waals surface area contributed by atoms with Gasteiger partial charge in [-0.3, -0.25) is 0 Å². The van der Waals surface area contributed by atoms with Crippen LogP contribution in [0.1, 0.15) is 65.2 Å². The van der Waals surface area contributed by atoms with Gasteiger partial charge in [-0.2, -0.15) is 0 Å². The van der Waals surface area contributed by atoms with E-state index in [1.54, 1.807) is 0 Å². The molecular weight excluding hydrogens is 331 g/mol. The van der Waals surface area contributed by atoms with Gasteiger partial charge >= 0.3 is 0 Å². The van der Waals surface area contributed by atoms with E-state index in [0.717, 1.165) is 22.7 Å². The smallest absolute Gasteiger partial charge is 0.140 e. The fourth-order valence-electron chi connectivity index (χ4n) is 3.92. The van der Waals surface area contributed by atoms with Crippen LogP contribution in [0.3, 0.4) is 0 Å². The van der Waals surface area contributed by atoms with Gasteiger partial charge in [0.05, 0.1) is 17.3 Å². The maximum atomic E-state index is 11.2. The highest BCUT2D eigenvalue weighted by molar-refractivity contribution is 6.24. The summed E-state index contributed by atoms with van der Waals surface area (Å²) < 4.78 is 0. The average Bonchev–Trinajstić information content (AvgIpc) is 2.88. The minimum absolute atomic E-state index is 0.0277. The first-order valence-electron chi connectivity index (χ1n) is 9.70. The first kappa shape index (κ1) is 19.8. The van der Waals surface area contributed by atoms with Crippen molar-refractivity contribution in [1.29, 1.82) is 0 Å². The summed E-state index contributed by atoms with van der Waals surface area (Å²) >= 11 is 0. The molecule has 2 unspecified atom stereocenters. The van der Waals surface area contributed by atoms with Gasteiger partial charge < -0.3 is 10.0 Å². The number of aromatic hydroxyl groups is 1. The van der Waals surface area contributed by atoms with E-state index in [1.165, 1.54) is 5.56 Å². The van der Waals surface area contributed by atoms with Gasteiger partial charge in [0.2, 0.25) is 0 Å². The average molecular weight is 362 g/mol. The van der Waals surface area contributed by atoms with E-state index < -0.39 is 0 Å². The Hall–Kier alpha value is -1.97. The second-order valence-electron chi connectivity index (χ2n) is 9.97. The van der Waals surface area contributed by atoms with Gasteiger partial charge in [-0.05, 0) is 22.5 Å². The number of fused-ring (bicyclic) bond motifs is 1. The van der Waals surface area contributed by atoms with Crippen LogP contribution < -0.4 is 0 Å². The van der Waals surface area contributed by atoms with Crippen LogP contribution in [0, 0.1) is 5.92 Å². The van der Waals surface area contributed by atoms with E-state index in [9.17, 15) is 5.11 Å². The molecule has 3 rings (SSSR count). The largest absolute Gasteiger partial charge is 0.507 e. The van der Waals surface area contributed by atoms with Gasteiger partial charge in [-0.1, -0.05) is 72.2 Å². The Kier molecular flexibility index (Phi) is 4.61. The van der Waals surface area contributed by atoms with E-state index >= 15 is 0 Å². The second-order valence-corrected chi connectivity index (χ2v) is 9.97. The Bertz CT molecular complexity index is 866. The SMILES string of the molecule is [B]C1=C2N=C(c3cc(C(C)(C)C)cc(C(C)(C)C)c3O)N(C)C2C(C)C=C1. The predicted octanol–water partition coefficient (Wildman–Crippen LogP) is 4.63. The molecule has 1 aliphatic heterocycles. The summed E-state index contributed by atoms with van der Waals surface area (Å²) in [4.78, 5) is 7.04. The summed E-state index contributed by atoms with van der Waals surface area (Å²) in [7, 11) is 8.26. The van der Waals surface area contributed by atoms with Crippen molar-refractivity contribution in [2.24, 2.45) is 10.9 Å². The Balaban J connectivity index is 2.24. The molecule has 1 N–H and O–H groups in total. The van der Waals surface area contributed by atoms with Gasteiger partial charge in [0.1, 0.15) is 19.4 Å². The molecule has 3 nitrogen and oxygen atoms in total. The minimum atomic E-state index is -0.169. The first-order chi connectivity index (χ1) is 12.3. The highest BCUT2D eigenvalue weighted by atomic mass is 16.3. The summed E-state index contributed by atoms with van der Waals surface area (Å²) in [6.45, 7) is 15.2. The van der Waals surface area contributed by atoms with Crippen LogP contribution in [0.5, 0.6) is 5.75 Å². The second kappa shape index (κ2) is 6.29. The molecule has 142 valence electrons. The molecule has 0 fully saturated rings. The third kappa shape index (κ3) is 3.35. The fraction of sp³-hybridized carbons (Fsp3) is 0.522. The number of phenols is 1. The molecule has 2 radical (unpaired) electrons. The highest BCUT2D eigenvalue weighted by Crippen LogP contribution is 2.41. The summed E-state index contributed by atoms with van der Waals surface area (Å²) in [6, 6.07) is 4.34. The normalized spacial score (nSPS) is 23.0. The number of nitrogens with zero attached hydrogens (tertiary/aromatic N) is 2. The molecule has 0 bridgehead atoms. The summed E-state index contributed by atoms with van der Waals surface area (Å²) in [5.74, 6) is 1.43. The predicted molar refractivity (Wildman–Crippen MR) is 115 cm³/mol. The summed E-state index contributed by atoms with van der Waals surface area (Å²) in [5.41, 5.74) is 4.35. The summed E-state index contributed by atoms with van der Waals surface area (Å²) in [6.07, 6.45) is 4.08. The van der Waals surface area contributed by atoms with Crippen LogP contribution >= 0.6 is 0 Å². The fourth-order valence-corrected chi connectivity index (χ4v) is 3.92. The maximum Gasteiger partial charge on any atom is 0.140 e. The van der Waals surface area contributed by atoms with Crippen LogP contribution in [0.4, 0.5) is 0 Å².